The summed E-state index contributed by atoms with van der Waals surface area (Å²) in [6, 6.07) is 0. The van der Waals surface area contributed by atoms with Crippen molar-refractivity contribution in [3.8, 4) is 0 Å². The van der Waals surface area contributed by atoms with Gasteiger partial charge in [-0.15, -0.1) is 0 Å². The van der Waals surface area contributed by atoms with Crippen LogP contribution < -0.4 is 0 Å². The van der Waals surface area contributed by atoms with Gasteiger partial charge in [-0.25, -0.2) is 0 Å². The summed E-state index contributed by atoms with van der Waals surface area (Å²) >= 11 is 0. The molecule has 7 nitrogen and oxygen atoms in total. The lowest BCUT2D eigenvalue weighted by Gasteiger charge is -2.16. The fourth-order valence-electron chi connectivity index (χ4n) is 0.728. The summed E-state index contributed by atoms with van der Waals surface area (Å²) in [6.07, 6.45) is -0.493. The molecule has 0 aliphatic heterocycles. The van der Waals surface area contributed by atoms with Crippen molar-refractivity contribution in [3.05, 3.63) is 0 Å². The molecule has 0 atom stereocenters. The molecule has 0 fully saturated rings. The molecule has 0 aromatic heterocycles. The summed E-state index contributed by atoms with van der Waals surface area (Å²) < 4.78 is 0. The third kappa shape index (κ3) is 1.94. The number of carboxylic acid groups (broad SMARTS) is 3. The second-order valence-corrected chi connectivity index (χ2v) is 2.17. The Labute approximate surface area is 72.9 Å². The SMILES string of the molecule is CCC(C(=O)O)(C(=O)O)C(=O)O.O. The number of rotatable bonds is 4. The van der Waals surface area contributed by atoms with Crippen molar-refractivity contribution in [1.82, 2.24) is 0 Å². The zero-order valence-electron chi connectivity index (χ0n) is 6.77. The molecule has 0 spiro atoms. The minimum atomic E-state index is -2.71. The van der Waals surface area contributed by atoms with Crippen LogP contribution in [-0.4, -0.2) is 38.7 Å². The van der Waals surface area contributed by atoms with Crippen molar-refractivity contribution in [3.63, 3.8) is 0 Å². The number of hydrogen-bond acceptors (Lipinski definition) is 3. The summed E-state index contributed by atoms with van der Waals surface area (Å²) in [4.78, 5) is 31.1. The van der Waals surface area contributed by atoms with Gasteiger partial charge in [0, 0.05) is 0 Å². The lowest BCUT2D eigenvalue weighted by Crippen LogP contribution is -2.45. The lowest BCUT2D eigenvalue weighted by molar-refractivity contribution is -0.175. The molecular weight excluding hydrogens is 184 g/mol. The Morgan fingerprint density at radius 1 is 1.00 bits per heavy atom. The van der Waals surface area contributed by atoms with Gasteiger partial charge in [-0.3, -0.25) is 14.4 Å². The maximum atomic E-state index is 10.4. The van der Waals surface area contributed by atoms with Crippen LogP contribution in [0.1, 0.15) is 13.3 Å². The van der Waals surface area contributed by atoms with Crippen LogP contribution in [0.3, 0.4) is 0 Å². The molecule has 0 bridgehead atoms. The van der Waals surface area contributed by atoms with Crippen molar-refractivity contribution in [1.29, 1.82) is 0 Å². The average Bonchev–Trinajstić information content (AvgIpc) is 1.86. The molecule has 0 saturated carbocycles. The summed E-state index contributed by atoms with van der Waals surface area (Å²) in [6.45, 7) is 1.19. The monoisotopic (exact) mass is 194 g/mol. The zero-order valence-corrected chi connectivity index (χ0v) is 6.77. The Kier molecular flexibility index (Phi) is 4.72. The fourth-order valence-corrected chi connectivity index (χ4v) is 0.728. The lowest BCUT2D eigenvalue weighted by atomic mass is 9.85. The van der Waals surface area contributed by atoms with Gasteiger partial charge in [-0.2, -0.15) is 0 Å². The first-order valence-electron chi connectivity index (χ1n) is 3.09. The molecule has 0 radical (unpaired) electrons. The van der Waals surface area contributed by atoms with E-state index in [2.05, 4.69) is 0 Å². The molecule has 5 N–H and O–H groups in total. The van der Waals surface area contributed by atoms with E-state index in [0.717, 1.165) is 0 Å². The van der Waals surface area contributed by atoms with E-state index in [1.54, 1.807) is 0 Å². The van der Waals surface area contributed by atoms with E-state index in [4.69, 9.17) is 15.3 Å². The predicted molar refractivity (Wildman–Crippen MR) is 39.2 cm³/mol. The highest BCUT2D eigenvalue weighted by atomic mass is 16.4. The molecule has 0 amide bonds. The van der Waals surface area contributed by atoms with E-state index < -0.39 is 29.7 Å². The van der Waals surface area contributed by atoms with Crippen LogP contribution >= 0.6 is 0 Å². The second kappa shape index (κ2) is 4.41. The number of aliphatic carboxylic acids is 3. The molecule has 76 valence electrons. The molecule has 0 rings (SSSR count). The predicted octanol–water partition coefficient (Wildman–Crippen LogP) is -1.19. The molecular formula is C6H10O7. The summed E-state index contributed by atoms with van der Waals surface area (Å²) in [5, 5.41) is 25.2. The van der Waals surface area contributed by atoms with Crippen LogP contribution in [0.4, 0.5) is 0 Å². The highest BCUT2D eigenvalue weighted by Crippen LogP contribution is 2.22. The highest BCUT2D eigenvalue weighted by Gasteiger charge is 2.52. The summed E-state index contributed by atoms with van der Waals surface area (Å²) in [7, 11) is 0. The van der Waals surface area contributed by atoms with E-state index in [1.807, 2.05) is 0 Å². The van der Waals surface area contributed by atoms with Crippen molar-refractivity contribution in [2.45, 2.75) is 13.3 Å². The maximum absolute atomic E-state index is 10.4. The van der Waals surface area contributed by atoms with Gasteiger partial charge in [0.2, 0.25) is 0 Å². The van der Waals surface area contributed by atoms with Crippen molar-refractivity contribution < 1.29 is 35.2 Å². The largest absolute Gasteiger partial charge is 0.480 e. The molecule has 0 aliphatic rings. The summed E-state index contributed by atoms with van der Waals surface area (Å²) in [5.74, 6) is -5.57. The molecule has 0 aromatic carbocycles. The Bertz CT molecular complexity index is 195. The van der Waals surface area contributed by atoms with Crippen molar-refractivity contribution in [2.75, 3.05) is 0 Å². The molecule has 7 heteroatoms. The van der Waals surface area contributed by atoms with Gasteiger partial charge in [0.05, 0.1) is 0 Å². The van der Waals surface area contributed by atoms with Gasteiger partial charge < -0.3 is 20.8 Å². The van der Waals surface area contributed by atoms with Gasteiger partial charge in [-0.1, -0.05) is 6.92 Å². The van der Waals surface area contributed by atoms with Gasteiger partial charge in [-0.05, 0) is 6.42 Å². The average molecular weight is 194 g/mol. The first-order valence-corrected chi connectivity index (χ1v) is 3.09. The smallest absolute Gasteiger partial charge is 0.332 e. The normalized spacial score (nSPS) is 9.92. The maximum Gasteiger partial charge on any atom is 0.332 e. The van der Waals surface area contributed by atoms with Crippen LogP contribution in [0, 0.1) is 5.41 Å². The zero-order chi connectivity index (χ0) is 9.94. The molecule has 0 aromatic rings. The Hall–Kier alpha value is -1.63. The molecule has 0 aliphatic carbocycles. The number of hydrogen-bond donors (Lipinski definition) is 3. The van der Waals surface area contributed by atoms with Crippen LogP contribution in [0.2, 0.25) is 0 Å². The standard InChI is InChI=1S/C6H8O6.H2O/c1-2-6(3(7)8,4(9)10)5(11)12;/h2H2,1H3,(H,7,8)(H,9,10)(H,11,12);1H2. The van der Waals surface area contributed by atoms with Gasteiger partial charge in [0.1, 0.15) is 0 Å². The molecule has 0 unspecified atom stereocenters. The highest BCUT2D eigenvalue weighted by molar-refractivity contribution is 6.16. The fraction of sp³-hybridized carbons (Fsp3) is 0.500. The van der Waals surface area contributed by atoms with Crippen molar-refractivity contribution in [2.24, 2.45) is 5.41 Å². The summed E-state index contributed by atoms with van der Waals surface area (Å²) in [5.41, 5.74) is -2.71. The van der Waals surface area contributed by atoms with Gasteiger partial charge >= 0.3 is 17.9 Å². The van der Waals surface area contributed by atoms with E-state index in [-0.39, 0.29) is 5.48 Å². The number of carbonyl (C=O) groups is 3. The third-order valence-corrected chi connectivity index (χ3v) is 1.63. The van der Waals surface area contributed by atoms with Crippen molar-refractivity contribution >= 4 is 17.9 Å². The van der Waals surface area contributed by atoms with Gasteiger partial charge in [0.25, 0.3) is 5.41 Å². The van der Waals surface area contributed by atoms with Crippen LogP contribution in [0.15, 0.2) is 0 Å². The topological polar surface area (TPSA) is 143 Å². The van der Waals surface area contributed by atoms with E-state index in [0.29, 0.717) is 0 Å². The molecule has 13 heavy (non-hydrogen) atoms. The molecule has 0 heterocycles. The van der Waals surface area contributed by atoms with E-state index >= 15 is 0 Å². The minimum Gasteiger partial charge on any atom is -0.480 e. The Morgan fingerprint density at radius 3 is 1.23 bits per heavy atom. The van der Waals surface area contributed by atoms with E-state index in [9.17, 15) is 14.4 Å². The Morgan fingerprint density at radius 2 is 1.23 bits per heavy atom. The molecule has 0 saturated heterocycles. The van der Waals surface area contributed by atoms with Crippen LogP contribution in [0.5, 0.6) is 0 Å². The quantitative estimate of drug-likeness (QED) is 0.480. The number of carboxylic acids is 3. The third-order valence-electron chi connectivity index (χ3n) is 1.63. The minimum absolute atomic E-state index is 0. The van der Waals surface area contributed by atoms with Crippen LogP contribution in [-0.2, 0) is 14.4 Å². The first-order chi connectivity index (χ1) is 5.39. The second-order valence-electron chi connectivity index (χ2n) is 2.17. The van der Waals surface area contributed by atoms with Gasteiger partial charge in [0.15, 0.2) is 0 Å². The van der Waals surface area contributed by atoms with Crippen LogP contribution in [0.25, 0.3) is 0 Å². The van der Waals surface area contributed by atoms with E-state index in [1.165, 1.54) is 6.92 Å². The first kappa shape index (κ1) is 13.9. The Balaban J connectivity index is 0.